The van der Waals surface area contributed by atoms with Crippen LogP contribution in [0, 0.1) is 0 Å². The van der Waals surface area contributed by atoms with Crippen molar-refractivity contribution in [1.29, 1.82) is 0 Å². The summed E-state index contributed by atoms with van der Waals surface area (Å²) in [5.74, 6) is 0. The van der Waals surface area contributed by atoms with Gasteiger partial charge >= 0.3 is 7.12 Å². The van der Waals surface area contributed by atoms with Gasteiger partial charge in [0.05, 0.1) is 22.3 Å². The fourth-order valence-corrected chi connectivity index (χ4v) is 5.46. The SMILES string of the molecule is CC1(C)OB(c2nc3cc4c(cc3c3ccccc23)sc2ccccc24)OC1(C)C. The molecule has 0 saturated carbocycles. The Labute approximate surface area is 179 Å². The van der Waals surface area contributed by atoms with E-state index in [0.717, 1.165) is 16.5 Å². The van der Waals surface area contributed by atoms with Gasteiger partial charge in [0.15, 0.2) is 0 Å². The van der Waals surface area contributed by atoms with Crippen molar-refractivity contribution in [3.05, 3.63) is 60.7 Å². The van der Waals surface area contributed by atoms with Crippen LogP contribution in [0.25, 0.3) is 41.8 Å². The predicted molar refractivity (Wildman–Crippen MR) is 128 cm³/mol. The van der Waals surface area contributed by atoms with Crippen molar-refractivity contribution in [2.45, 2.75) is 38.9 Å². The highest BCUT2D eigenvalue weighted by atomic mass is 32.1. The third-order valence-corrected chi connectivity index (χ3v) is 7.84. The molecule has 0 atom stereocenters. The molecule has 1 aliphatic rings. The van der Waals surface area contributed by atoms with Gasteiger partial charge in [-0.05, 0) is 51.3 Å². The van der Waals surface area contributed by atoms with Crippen LogP contribution in [0.1, 0.15) is 27.7 Å². The number of pyridine rings is 1. The summed E-state index contributed by atoms with van der Waals surface area (Å²) >= 11 is 1.84. The molecule has 2 aromatic heterocycles. The van der Waals surface area contributed by atoms with E-state index in [2.05, 4.69) is 88.4 Å². The monoisotopic (exact) mass is 411 g/mol. The summed E-state index contributed by atoms with van der Waals surface area (Å²) < 4.78 is 15.3. The molecule has 148 valence electrons. The summed E-state index contributed by atoms with van der Waals surface area (Å²) in [7, 11) is -0.487. The van der Waals surface area contributed by atoms with Gasteiger partial charge in [-0.25, -0.2) is 0 Å². The van der Waals surface area contributed by atoms with E-state index >= 15 is 0 Å². The first-order chi connectivity index (χ1) is 14.3. The number of fused-ring (bicyclic) bond motifs is 6. The molecular weight excluding hydrogens is 389 g/mol. The summed E-state index contributed by atoms with van der Waals surface area (Å²) in [5.41, 5.74) is 1.04. The Morgan fingerprint density at radius 2 is 1.33 bits per heavy atom. The quantitative estimate of drug-likeness (QED) is 0.248. The molecule has 3 aromatic carbocycles. The maximum absolute atomic E-state index is 6.37. The van der Waals surface area contributed by atoms with Crippen molar-refractivity contribution in [2.24, 2.45) is 0 Å². The average molecular weight is 411 g/mol. The minimum Gasteiger partial charge on any atom is -0.398 e. The Kier molecular flexibility index (Phi) is 3.69. The van der Waals surface area contributed by atoms with Crippen molar-refractivity contribution in [3.63, 3.8) is 0 Å². The largest absolute Gasteiger partial charge is 0.515 e. The molecule has 30 heavy (non-hydrogen) atoms. The lowest BCUT2D eigenvalue weighted by atomic mass is 9.80. The van der Waals surface area contributed by atoms with E-state index in [1.54, 1.807) is 0 Å². The van der Waals surface area contributed by atoms with E-state index in [0.29, 0.717) is 0 Å². The maximum Gasteiger partial charge on any atom is 0.515 e. The molecule has 0 spiro atoms. The zero-order chi connectivity index (χ0) is 20.7. The van der Waals surface area contributed by atoms with Gasteiger partial charge in [-0.1, -0.05) is 42.5 Å². The van der Waals surface area contributed by atoms with E-state index in [1.807, 2.05) is 11.3 Å². The van der Waals surface area contributed by atoms with Gasteiger partial charge in [0, 0.05) is 30.9 Å². The van der Waals surface area contributed by atoms with E-state index in [1.165, 1.54) is 30.9 Å². The molecular formula is C25H22BNO2S. The van der Waals surface area contributed by atoms with E-state index in [4.69, 9.17) is 14.3 Å². The standard InChI is InChI=1S/C25H22BNO2S/c1-24(2)25(3,4)29-26(28-24)23-17-11-6-5-9-15(17)18-14-22-19(13-20(18)27-23)16-10-7-8-12-21(16)30-22/h5-14H,1-4H3. The van der Waals surface area contributed by atoms with E-state index in [9.17, 15) is 0 Å². The molecule has 1 fully saturated rings. The van der Waals surface area contributed by atoms with E-state index < -0.39 is 18.3 Å². The lowest BCUT2D eigenvalue weighted by molar-refractivity contribution is 0.00578. The fraction of sp³-hybridized carbons (Fsp3) is 0.240. The molecule has 1 saturated heterocycles. The highest BCUT2D eigenvalue weighted by molar-refractivity contribution is 7.25. The molecule has 3 nitrogen and oxygen atoms in total. The van der Waals surface area contributed by atoms with Gasteiger partial charge in [0.2, 0.25) is 0 Å². The number of rotatable bonds is 1. The zero-order valence-electron chi connectivity index (χ0n) is 17.5. The van der Waals surface area contributed by atoms with Crippen LogP contribution in [0.4, 0.5) is 0 Å². The minimum absolute atomic E-state index is 0.400. The Bertz CT molecular complexity index is 1450. The Hall–Kier alpha value is -2.47. The van der Waals surface area contributed by atoms with E-state index in [-0.39, 0.29) is 0 Å². The molecule has 5 heteroatoms. The van der Waals surface area contributed by atoms with Crippen LogP contribution in [0.2, 0.25) is 0 Å². The molecule has 0 radical (unpaired) electrons. The topological polar surface area (TPSA) is 31.4 Å². The normalized spacial score (nSPS) is 18.2. The van der Waals surface area contributed by atoms with Crippen molar-refractivity contribution in [1.82, 2.24) is 4.98 Å². The number of benzene rings is 3. The first-order valence-corrected chi connectivity index (χ1v) is 11.1. The van der Waals surface area contributed by atoms with Gasteiger partial charge in [0.1, 0.15) is 0 Å². The molecule has 6 rings (SSSR count). The molecule has 0 amide bonds. The molecule has 3 heterocycles. The first-order valence-electron chi connectivity index (χ1n) is 10.3. The lowest BCUT2D eigenvalue weighted by Crippen LogP contribution is -2.41. The molecule has 0 N–H and O–H groups in total. The van der Waals surface area contributed by atoms with Gasteiger partial charge < -0.3 is 9.31 Å². The molecule has 0 bridgehead atoms. The summed E-state index contributed by atoms with van der Waals surface area (Å²) in [5, 5.41) is 5.98. The van der Waals surface area contributed by atoms with Crippen molar-refractivity contribution < 1.29 is 9.31 Å². The highest BCUT2D eigenvalue weighted by Gasteiger charge is 2.52. The van der Waals surface area contributed by atoms with Crippen LogP contribution >= 0.6 is 11.3 Å². The second-order valence-corrected chi connectivity index (χ2v) is 10.2. The van der Waals surface area contributed by atoms with Crippen molar-refractivity contribution in [3.8, 4) is 0 Å². The van der Waals surface area contributed by atoms with Crippen LogP contribution < -0.4 is 5.59 Å². The lowest BCUT2D eigenvalue weighted by Gasteiger charge is -2.32. The predicted octanol–water partition coefficient (Wildman–Crippen LogP) is 6.06. The smallest absolute Gasteiger partial charge is 0.398 e. The van der Waals surface area contributed by atoms with Gasteiger partial charge in [-0.3, -0.25) is 4.98 Å². The van der Waals surface area contributed by atoms with Crippen LogP contribution in [0.15, 0.2) is 60.7 Å². The number of aromatic nitrogens is 1. The Morgan fingerprint density at radius 1 is 0.700 bits per heavy atom. The molecule has 1 aliphatic heterocycles. The summed E-state index contributed by atoms with van der Waals surface area (Å²) in [4.78, 5) is 5.11. The highest BCUT2D eigenvalue weighted by Crippen LogP contribution is 2.39. The molecule has 0 aliphatic carbocycles. The summed E-state index contributed by atoms with van der Waals surface area (Å²) in [6.45, 7) is 8.32. The van der Waals surface area contributed by atoms with Crippen LogP contribution in [-0.4, -0.2) is 23.3 Å². The third kappa shape index (κ3) is 2.49. The number of hydrogen-bond donors (Lipinski definition) is 0. The van der Waals surface area contributed by atoms with Crippen molar-refractivity contribution in [2.75, 3.05) is 0 Å². The van der Waals surface area contributed by atoms with Gasteiger partial charge in [-0.2, -0.15) is 0 Å². The average Bonchev–Trinajstić information content (AvgIpc) is 3.18. The van der Waals surface area contributed by atoms with Crippen LogP contribution in [0.5, 0.6) is 0 Å². The van der Waals surface area contributed by atoms with Gasteiger partial charge in [0.25, 0.3) is 0 Å². The third-order valence-electron chi connectivity index (χ3n) is 6.71. The molecule has 0 unspecified atom stereocenters. The summed E-state index contributed by atoms with van der Waals surface area (Å²) in [6, 6.07) is 21.5. The van der Waals surface area contributed by atoms with Gasteiger partial charge in [-0.15, -0.1) is 11.3 Å². The Morgan fingerprint density at radius 3 is 2.07 bits per heavy atom. The van der Waals surface area contributed by atoms with Crippen LogP contribution in [0.3, 0.4) is 0 Å². The fourth-order valence-electron chi connectivity index (χ4n) is 4.33. The maximum atomic E-state index is 6.37. The number of hydrogen-bond acceptors (Lipinski definition) is 4. The Balaban J connectivity index is 1.67. The second kappa shape index (κ2) is 6.04. The number of thiophene rings is 1. The summed E-state index contributed by atoms with van der Waals surface area (Å²) in [6.07, 6.45) is 0. The second-order valence-electron chi connectivity index (χ2n) is 9.09. The van der Waals surface area contributed by atoms with Crippen molar-refractivity contribution >= 4 is 65.9 Å². The zero-order valence-corrected chi connectivity index (χ0v) is 18.3. The first kappa shape index (κ1) is 18.3. The molecule has 5 aromatic rings. The number of nitrogens with zero attached hydrogens (tertiary/aromatic N) is 1. The van der Waals surface area contributed by atoms with Crippen LogP contribution in [-0.2, 0) is 9.31 Å². The minimum atomic E-state index is -0.487.